The Morgan fingerprint density at radius 3 is 2.42 bits per heavy atom. The molecule has 5 heteroatoms. The standard InChI is InChI=1S/C14H11Cl3O2/c15-11-3-2-10(7-18)14(6-11)19-8-9-1-4-12(16)13(17)5-9/h1-6,18H,7-8H2. The monoisotopic (exact) mass is 316 g/mol. The zero-order valence-electron chi connectivity index (χ0n) is 9.87. The molecule has 0 aromatic heterocycles. The highest BCUT2D eigenvalue weighted by atomic mass is 35.5. The molecule has 0 amide bonds. The van der Waals surface area contributed by atoms with Crippen LogP contribution in [0.15, 0.2) is 36.4 Å². The molecule has 0 unspecified atom stereocenters. The molecule has 0 atom stereocenters. The van der Waals surface area contributed by atoms with E-state index < -0.39 is 0 Å². The van der Waals surface area contributed by atoms with E-state index in [0.717, 1.165) is 5.56 Å². The van der Waals surface area contributed by atoms with Gasteiger partial charge in [0, 0.05) is 10.6 Å². The number of benzene rings is 2. The largest absolute Gasteiger partial charge is 0.488 e. The van der Waals surface area contributed by atoms with Crippen molar-refractivity contribution in [1.82, 2.24) is 0 Å². The van der Waals surface area contributed by atoms with Crippen molar-refractivity contribution >= 4 is 34.8 Å². The van der Waals surface area contributed by atoms with Gasteiger partial charge in [0.1, 0.15) is 12.4 Å². The molecule has 0 radical (unpaired) electrons. The number of hydrogen-bond acceptors (Lipinski definition) is 2. The van der Waals surface area contributed by atoms with Gasteiger partial charge in [-0.2, -0.15) is 0 Å². The van der Waals surface area contributed by atoms with E-state index >= 15 is 0 Å². The third kappa shape index (κ3) is 3.77. The molecule has 0 aliphatic rings. The number of ether oxygens (including phenoxy) is 1. The molecule has 0 bridgehead atoms. The highest BCUT2D eigenvalue weighted by Crippen LogP contribution is 2.26. The average molecular weight is 318 g/mol. The van der Waals surface area contributed by atoms with Crippen molar-refractivity contribution < 1.29 is 9.84 Å². The minimum atomic E-state index is -0.103. The minimum Gasteiger partial charge on any atom is -0.488 e. The van der Waals surface area contributed by atoms with Crippen LogP contribution in [0.1, 0.15) is 11.1 Å². The fraction of sp³-hybridized carbons (Fsp3) is 0.143. The van der Waals surface area contributed by atoms with Crippen LogP contribution in [0, 0.1) is 0 Å². The third-order valence-corrected chi connectivity index (χ3v) is 3.55. The van der Waals surface area contributed by atoms with Crippen LogP contribution in [0.2, 0.25) is 15.1 Å². The van der Waals surface area contributed by atoms with Gasteiger partial charge in [0.25, 0.3) is 0 Å². The molecule has 0 fully saturated rings. The summed E-state index contributed by atoms with van der Waals surface area (Å²) in [7, 11) is 0. The lowest BCUT2D eigenvalue weighted by Gasteiger charge is -2.11. The van der Waals surface area contributed by atoms with Crippen LogP contribution in [-0.2, 0) is 13.2 Å². The zero-order chi connectivity index (χ0) is 13.8. The summed E-state index contributed by atoms with van der Waals surface area (Å²) < 4.78 is 5.64. The predicted molar refractivity (Wildman–Crippen MR) is 78.2 cm³/mol. The van der Waals surface area contributed by atoms with Crippen molar-refractivity contribution in [3.63, 3.8) is 0 Å². The van der Waals surface area contributed by atoms with Gasteiger partial charge in [-0.05, 0) is 29.8 Å². The summed E-state index contributed by atoms with van der Waals surface area (Å²) in [6.45, 7) is 0.220. The SMILES string of the molecule is OCc1ccc(Cl)cc1OCc1ccc(Cl)c(Cl)c1. The van der Waals surface area contributed by atoms with Crippen LogP contribution < -0.4 is 4.74 Å². The third-order valence-electron chi connectivity index (χ3n) is 2.58. The molecular formula is C14H11Cl3O2. The van der Waals surface area contributed by atoms with E-state index in [9.17, 15) is 5.11 Å². The molecule has 2 rings (SSSR count). The van der Waals surface area contributed by atoms with E-state index in [-0.39, 0.29) is 6.61 Å². The highest BCUT2D eigenvalue weighted by molar-refractivity contribution is 6.42. The molecule has 0 saturated heterocycles. The molecule has 0 aliphatic heterocycles. The van der Waals surface area contributed by atoms with E-state index in [0.29, 0.717) is 33.0 Å². The van der Waals surface area contributed by atoms with Crippen LogP contribution in [0.3, 0.4) is 0 Å². The molecule has 2 nitrogen and oxygen atoms in total. The maximum atomic E-state index is 9.23. The molecular weight excluding hydrogens is 307 g/mol. The van der Waals surface area contributed by atoms with Gasteiger partial charge < -0.3 is 9.84 Å². The Labute approximate surface area is 126 Å². The molecule has 1 N–H and O–H groups in total. The van der Waals surface area contributed by atoms with Crippen molar-refractivity contribution in [2.45, 2.75) is 13.2 Å². The number of aliphatic hydroxyl groups excluding tert-OH is 1. The lowest BCUT2D eigenvalue weighted by atomic mass is 10.2. The summed E-state index contributed by atoms with van der Waals surface area (Å²) in [5.74, 6) is 0.557. The lowest BCUT2D eigenvalue weighted by molar-refractivity contribution is 0.259. The van der Waals surface area contributed by atoms with Crippen LogP contribution in [0.25, 0.3) is 0 Å². The van der Waals surface area contributed by atoms with Crippen molar-refractivity contribution in [2.24, 2.45) is 0 Å². The Hall–Kier alpha value is -0.930. The fourth-order valence-electron chi connectivity index (χ4n) is 1.58. The van der Waals surface area contributed by atoms with Gasteiger partial charge in [0.15, 0.2) is 0 Å². The molecule has 0 aliphatic carbocycles. The molecule has 19 heavy (non-hydrogen) atoms. The average Bonchev–Trinajstić information content (AvgIpc) is 2.40. The van der Waals surface area contributed by atoms with Gasteiger partial charge >= 0.3 is 0 Å². The highest BCUT2D eigenvalue weighted by Gasteiger charge is 2.05. The topological polar surface area (TPSA) is 29.5 Å². The van der Waals surface area contributed by atoms with Gasteiger partial charge in [-0.3, -0.25) is 0 Å². The van der Waals surface area contributed by atoms with Crippen LogP contribution in [-0.4, -0.2) is 5.11 Å². The molecule has 0 heterocycles. The van der Waals surface area contributed by atoms with E-state index in [1.165, 1.54) is 0 Å². The van der Waals surface area contributed by atoms with E-state index in [1.54, 1.807) is 30.3 Å². The Morgan fingerprint density at radius 1 is 0.947 bits per heavy atom. The second kappa shape index (κ2) is 6.49. The van der Waals surface area contributed by atoms with Crippen LogP contribution >= 0.6 is 34.8 Å². The van der Waals surface area contributed by atoms with Crippen LogP contribution in [0.4, 0.5) is 0 Å². The zero-order valence-corrected chi connectivity index (χ0v) is 12.1. The van der Waals surface area contributed by atoms with E-state index in [4.69, 9.17) is 39.5 Å². The summed E-state index contributed by atoms with van der Waals surface area (Å²) in [6, 6.07) is 10.4. The Balaban J connectivity index is 2.13. The fourth-order valence-corrected chi connectivity index (χ4v) is 2.07. The van der Waals surface area contributed by atoms with Crippen molar-refractivity contribution in [1.29, 1.82) is 0 Å². The van der Waals surface area contributed by atoms with Crippen molar-refractivity contribution in [3.05, 3.63) is 62.6 Å². The van der Waals surface area contributed by atoms with Gasteiger partial charge in [0.05, 0.1) is 16.7 Å². The molecule has 2 aromatic carbocycles. The predicted octanol–water partition coefficient (Wildman–Crippen LogP) is 4.72. The smallest absolute Gasteiger partial charge is 0.126 e. The summed E-state index contributed by atoms with van der Waals surface area (Å²) in [5, 5.41) is 10.8. The summed E-state index contributed by atoms with van der Waals surface area (Å²) in [5.41, 5.74) is 1.57. The first kappa shape index (κ1) is 14.5. The molecule has 100 valence electrons. The maximum Gasteiger partial charge on any atom is 0.126 e. The minimum absolute atomic E-state index is 0.103. The molecule has 0 spiro atoms. The Bertz CT molecular complexity index is 585. The Kier molecular flexibility index (Phi) is 4.94. The second-order valence-corrected chi connectivity index (χ2v) is 5.20. The summed E-state index contributed by atoms with van der Waals surface area (Å²) in [4.78, 5) is 0. The number of halogens is 3. The van der Waals surface area contributed by atoms with Crippen molar-refractivity contribution in [3.8, 4) is 5.75 Å². The van der Waals surface area contributed by atoms with Crippen LogP contribution in [0.5, 0.6) is 5.75 Å². The number of rotatable bonds is 4. The quantitative estimate of drug-likeness (QED) is 0.884. The first-order chi connectivity index (χ1) is 9.10. The summed E-state index contributed by atoms with van der Waals surface area (Å²) >= 11 is 17.7. The van der Waals surface area contributed by atoms with Gasteiger partial charge in [-0.1, -0.05) is 46.9 Å². The maximum absolute atomic E-state index is 9.23. The van der Waals surface area contributed by atoms with Gasteiger partial charge in [-0.15, -0.1) is 0 Å². The summed E-state index contributed by atoms with van der Waals surface area (Å²) in [6.07, 6.45) is 0. The number of aliphatic hydroxyl groups is 1. The van der Waals surface area contributed by atoms with Gasteiger partial charge in [0.2, 0.25) is 0 Å². The molecule has 0 saturated carbocycles. The second-order valence-electron chi connectivity index (χ2n) is 3.95. The van der Waals surface area contributed by atoms with Crippen molar-refractivity contribution in [2.75, 3.05) is 0 Å². The Morgan fingerprint density at radius 2 is 1.74 bits per heavy atom. The number of hydrogen-bond donors (Lipinski definition) is 1. The first-order valence-corrected chi connectivity index (χ1v) is 6.69. The van der Waals surface area contributed by atoms with E-state index in [1.807, 2.05) is 6.07 Å². The molecule has 2 aromatic rings. The van der Waals surface area contributed by atoms with E-state index in [2.05, 4.69) is 0 Å². The first-order valence-electron chi connectivity index (χ1n) is 5.56. The lowest BCUT2D eigenvalue weighted by Crippen LogP contribution is -1.99. The normalized spacial score (nSPS) is 10.5. The van der Waals surface area contributed by atoms with Gasteiger partial charge in [-0.25, -0.2) is 0 Å².